The number of nitrogens with one attached hydrogen (secondary N) is 1. The van der Waals surface area contributed by atoms with Crippen LogP contribution < -0.4 is 31.2 Å². The Balaban J connectivity index is 1.27. The summed E-state index contributed by atoms with van der Waals surface area (Å²) in [5.74, 6) is 0.518. The lowest BCUT2D eigenvalue weighted by Gasteiger charge is -2.29. The maximum Gasteiger partial charge on any atom is 0.255 e. The number of nitrogens with two attached hydrogens (primary N) is 2. The van der Waals surface area contributed by atoms with Crippen LogP contribution in [-0.2, 0) is 0 Å². The number of hydrogen-bond acceptors (Lipinski definition) is 8. The molecule has 0 aliphatic carbocycles. The van der Waals surface area contributed by atoms with Crippen LogP contribution in [-0.4, -0.2) is 76.1 Å². The molecule has 200 valence electrons. The van der Waals surface area contributed by atoms with E-state index in [1.165, 1.54) is 13.2 Å². The number of ether oxygens (including phenoxy) is 2. The smallest absolute Gasteiger partial charge is 0.255 e. The number of rotatable bonds is 9. The third-order valence-corrected chi connectivity index (χ3v) is 7.55. The van der Waals surface area contributed by atoms with Gasteiger partial charge >= 0.3 is 0 Å². The summed E-state index contributed by atoms with van der Waals surface area (Å²) in [6, 6.07) is 5.84. The van der Waals surface area contributed by atoms with Crippen molar-refractivity contribution >= 4 is 46.3 Å². The maximum atomic E-state index is 13.1. The van der Waals surface area contributed by atoms with Crippen LogP contribution in [0.3, 0.4) is 0 Å². The molecule has 2 atom stereocenters. The van der Waals surface area contributed by atoms with E-state index < -0.39 is 6.04 Å². The Morgan fingerprint density at radius 1 is 1.22 bits per heavy atom. The molecule has 2 heterocycles. The number of ketones is 1. The van der Waals surface area contributed by atoms with Gasteiger partial charge in [0.25, 0.3) is 5.91 Å². The topological polar surface area (TPSA) is 123 Å². The van der Waals surface area contributed by atoms with Gasteiger partial charge in [0.1, 0.15) is 12.4 Å². The van der Waals surface area contributed by atoms with E-state index in [0.29, 0.717) is 58.1 Å². The molecule has 2 aromatic carbocycles. The first kappa shape index (κ1) is 27.3. The van der Waals surface area contributed by atoms with E-state index in [4.69, 9.17) is 44.1 Å². The molecule has 0 aromatic heterocycles. The number of anilines is 2. The summed E-state index contributed by atoms with van der Waals surface area (Å²) in [6.07, 6.45) is 1.57. The SMILES string of the molecule is COc1cc(N)c(Cl)cc1C(=O)C(N)C1CCN(CCCNC(=O)c2cc(Cl)cc3c2OCCN3C)C1. The number of likely N-dealkylation sites (tertiary alicyclic amines) is 1. The molecular weight excluding hydrogens is 517 g/mol. The molecule has 1 saturated heterocycles. The standard InChI is InChI=1S/C26H33Cl2N5O4/c1-32-8-9-37-25-18(10-16(27)11-21(25)32)26(35)31-5-3-6-33-7-4-15(14-33)23(30)24(34)17-12-19(28)20(29)13-22(17)36-2/h10-13,15,23H,3-9,14,29-30H2,1-2H3,(H,31,35). The first-order valence-electron chi connectivity index (χ1n) is 12.3. The molecule has 4 rings (SSSR count). The van der Waals surface area contributed by atoms with Crippen molar-refractivity contribution in [1.29, 1.82) is 0 Å². The Morgan fingerprint density at radius 2 is 2.00 bits per heavy atom. The summed E-state index contributed by atoms with van der Waals surface area (Å²) in [5, 5.41) is 3.76. The van der Waals surface area contributed by atoms with Gasteiger partial charge in [-0.25, -0.2) is 0 Å². The van der Waals surface area contributed by atoms with Crippen molar-refractivity contribution in [2.45, 2.75) is 18.9 Å². The normalized spacial score (nSPS) is 18.2. The zero-order chi connectivity index (χ0) is 26.7. The zero-order valence-electron chi connectivity index (χ0n) is 21.1. The molecule has 2 aliphatic heterocycles. The Kier molecular flexibility index (Phi) is 8.69. The number of likely N-dealkylation sites (N-methyl/N-ethyl adjacent to an activating group) is 1. The molecule has 11 heteroatoms. The van der Waals surface area contributed by atoms with Gasteiger partial charge in [0.15, 0.2) is 11.5 Å². The molecule has 9 nitrogen and oxygen atoms in total. The fraction of sp³-hybridized carbons (Fsp3) is 0.462. The van der Waals surface area contributed by atoms with Crippen molar-refractivity contribution in [2.75, 3.05) is 64.1 Å². The van der Waals surface area contributed by atoms with E-state index in [-0.39, 0.29) is 17.6 Å². The lowest BCUT2D eigenvalue weighted by molar-refractivity contribution is 0.0924. The summed E-state index contributed by atoms with van der Waals surface area (Å²) < 4.78 is 11.1. The summed E-state index contributed by atoms with van der Waals surface area (Å²) in [5.41, 5.74) is 14.2. The molecule has 2 aromatic rings. The molecule has 0 spiro atoms. The van der Waals surface area contributed by atoms with Crippen LogP contribution in [0.1, 0.15) is 33.6 Å². The monoisotopic (exact) mass is 549 g/mol. The Bertz CT molecular complexity index is 1180. The van der Waals surface area contributed by atoms with Crippen molar-refractivity contribution in [3.63, 3.8) is 0 Å². The van der Waals surface area contributed by atoms with Crippen LogP contribution in [0.15, 0.2) is 24.3 Å². The average Bonchev–Trinajstić information content (AvgIpc) is 3.36. The number of nitrogen functional groups attached to an aromatic ring is 1. The second-order valence-electron chi connectivity index (χ2n) is 9.49. The van der Waals surface area contributed by atoms with Gasteiger partial charge in [-0.3, -0.25) is 9.59 Å². The number of halogens is 2. The number of amides is 1. The van der Waals surface area contributed by atoms with E-state index in [1.807, 2.05) is 18.0 Å². The second kappa shape index (κ2) is 11.8. The Morgan fingerprint density at radius 3 is 2.76 bits per heavy atom. The third-order valence-electron chi connectivity index (χ3n) is 7.00. The van der Waals surface area contributed by atoms with Crippen LogP contribution in [0.5, 0.6) is 11.5 Å². The number of carbonyl (C=O) groups is 2. The molecule has 1 amide bonds. The van der Waals surface area contributed by atoms with E-state index >= 15 is 0 Å². The van der Waals surface area contributed by atoms with Gasteiger partial charge in [-0.15, -0.1) is 0 Å². The highest BCUT2D eigenvalue weighted by Crippen LogP contribution is 2.37. The third kappa shape index (κ3) is 6.06. The highest BCUT2D eigenvalue weighted by Gasteiger charge is 2.33. The molecule has 5 N–H and O–H groups in total. The number of Topliss-reactive ketones (excluding diaryl/α,β-unsaturated/α-hetero) is 1. The molecular formula is C26H33Cl2N5O4. The van der Waals surface area contributed by atoms with Gasteiger partial charge in [0, 0.05) is 31.2 Å². The van der Waals surface area contributed by atoms with Gasteiger partial charge in [0.2, 0.25) is 0 Å². The minimum atomic E-state index is -0.676. The summed E-state index contributed by atoms with van der Waals surface area (Å²) in [6.45, 7) is 4.08. The highest BCUT2D eigenvalue weighted by atomic mass is 35.5. The van der Waals surface area contributed by atoms with Gasteiger partial charge < -0.3 is 36.1 Å². The van der Waals surface area contributed by atoms with Crippen LogP contribution in [0, 0.1) is 5.92 Å². The van der Waals surface area contributed by atoms with Crippen molar-refractivity contribution in [1.82, 2.24) is 10.2 Å². The molecule has 0 radical (unpaired) electrons. The van der Waals surface area contributed by atoms with Gasteiger partial charge in [-0.05, 0) is 50.0 Å². The second-order valence-corrected chi connectivity index (χ2v) is 10.3. The summed E-state index contributed by atoms with van der Waals surface area (Å²) in [4.78, 5) is 30.2. The number of hydrogen-bond donors (Lipinski definition) is 3. The predicted octanol–water partition coefficient (Wildman–Crippen LogP) is 3.06. The molecule has 2 aliphatic rings. The quantitative estimate of drug-likeness (QED) is 0.247. The summed E-state index contributed by atoms with van der Waals surface area (Å²) >= 11 is 12.4. The largest absolute Gasteiger partial charge is 0.496 e. The van der Waals surface area contributed by atoms with Crippen LogP contribution in [0.25, 0.3) is 0 Å². The first-order chi connectivity index (χ1) is 17.7. The van der Waals surface area contributed by atoms with Crippen LogP contribution >= 0.6 is 23.2 Å². The molecule has 0 saturated carbocycles. The molecule has 0 bridgehead atoms. The van der Waals surface area contributed by atoms with Gasteiger partial charge in [-0.1, -0.05) is 23.2 Å². The van der Waals surface area contributed by atoms with Crippen molar-refractivity contribution in [3.8, 4) is 11.5 Å². The Hall–Kier alpha value is -2.72. The van der Waals surface area contributed by atoms with Gasteiger partial charge in [0.05, 0.1) is 47.2 Å². The zero-order valence-corrected chi connectivity index (χ0v) is 22.6. The van der Waals surface area contributed by atoms with Crippen molar-refractivity contribution in [2.24, 2.45) is 11.7 Å². The van der Waals surface area contributed by atoms with Crippen LogP contribution in [0.4, 0.5) is 11.4 Å². The highest BCUT2D eigenvalue weighted by molar-refractivity contribution is 6.33. The fourth-order valence-electron chi connectivity index (χ4n) is 4.87. The predicted molar refractivity (Wildman–Crippen MR) is 146 cm³/mol. The van der Waals surface area contributed by atoms with Crippen LogP contribution in [0.2, 0.25) is 10.0 Å². The van der Waals surface area contributed by atoms with E-state index in [1.54, 1.807) is 12.1 Å². The van der Waals surface area contributed by atoms with Crippen molar-refractivity contribution in [3.05, 3.63) is 45.4 Å². The Labute approximate surface area is 226 Å². The molecule has 1 fully saturated rings. The molecule has 2 unspecified atom stereocenters. The average molecular weight is 550 g/mol. The van der Waals surface area contributed by atoms with E-state index in [2.05, 4.69) is 10.2 Å². The lowest BCUT2D eigenvalue weighted by atomic mass is 9.92. The number of fused-ring (bicyclic) bond motifs is 1. The van der Waals surface area contributed by atoms with E-state index in [9.17, 15) is 9.59 Å². The number of benzene rings is 2. The van der Waals surface area contributed by atoms with Gasteiger partial charge in [-0.2, -0.15) is 0 Å². The molecule has 37 heavy (non-hydrogen) atoms. The lowest BCUT2D eigenvalue weighted by Crippen LogP contribution is -2.40. The van der Waals surface area contributed by atoms with Crippen molar-refractivity contribution < 1.29 is 19.1 Å². The summed E-state index contributed by atoms with van der Waals surface area (Å²) in [7, 11) is 3.43. The minimum absolute atomic E-state index is 0.00949. The minimum Gasteiger partial charge on any atom is -0.496 e. The number of methoxy groups -OCH3 is 1. The first-order valence-corrected chi connectivity index (χ1v) is 13.1. The number of nitrogens with zero attached hydrogens (tertiary/aromatic N) is 2. The maximum absolute atomic E-state index is 13.1. The fourth-order valence-corrected chi connectivity index (χ4v) is 5.25. The van der Waals surface area contributed by atoms with E-state index in [0.717, 1.165) is 38.2 Å². The number of carbonyl (C=O) groups excluding carboxylic acids is 2.